The number of carbonyl (C=O) groups excluding carboxylic acids is 1. The van der Waals surface area contributed by atoms with Gasteiger partial charge in [-0.1, -0.05) is 53.5 Å². The standard InChI is InChI=1S/C21H20Cl2N2O2S/c1-11(2)27-20-15(22)9-14(10-16(20)23)19-17(12(3)26)18(24-21(28)25-19)13-7-5-4-6-8-13/h4-11,19H,1-3H3,(H2,24,25,28)/t19-/m0/s1. The van der Waals surface area contributed by atoms with Crippen LogP contribution in [-0.2, 0) is 4.79 Å². The first-order chi connectivity index (χ1) is 13.3. The van der Waals surface area contributed by atoms with Gasteiger partial charge >= 0.3 is 0 Å². The second kappa shape index (κ2) is 8.52. The molecule has 1 atom stereocenters. The average molecular weight is 435 g/mol. The quantitative estimate of drug-likeness (QED) is 0.625. The molecule has 7 heteroatoms. The van der Waals surface area contributed by atoms with Gasteiger partial charge < -0.3 is 15.4 Å². The van der Waals surface area contributed by atoms with Crippen molar-refractivity contribution in [3.63, 3.8) is 0 Å². The molecule has 0 fully saturated rings. The fourth-order valence-electron chi connectivity index (χ4n) is 3.12. The second-order valence-corrected chi connectivity index (χ2v) is 7.95. The fourth-order valence-corrected chi connectivity index (χ4v) is 3.93. The molecule has 1 aliphatic heterocycles. The third-order valence-corrected chi connectivity index (χ3v) is 5.00. The lowest BCUT2D eigenvalue weighted by Crippen LogP contribution is -2.44. The molecule has 2 aromatic carbocycles. The Morgan fingerprint density at radius 1 is 1.14 bits per heavy atom. The smallest absolute Gasteiger partial charge is 0.171 e. The number of ether oxygens (including phenoxy) is 1. The molecule has 0 unspecified atom stereocenters. The summed E-state index contributed by atoms with van der Waals surface area (Å²) in [5.74, 6) is 0.344. The van der Waals surface area contributed by atoms with Crippen LogP contribution in [0.15, 0.2) is 48.0 Å². The molecule has 0 bridgehead atoms. The third-order valence-electron chi connectivity index (χ3n) is 4.22. The van der Waals surface area contributed by atoms with Gasteiger partial charge in [0.25, 0.3) is 0 Å². The van der Waals surface area contributed by atoms with Crippen LogP contribution in [0.5, 0.6) is 5.75 Å². The van der Waals surface area contributed by atoms with Crippen molar-refractivity contribution in [1.29, 1.82) is 0 Å². The predicted molar refractivity (Wildman–Crippen MR) is 118 cm³/mol. The molecule has 0 aromatic heterocycles. The van der Waals surface area contributed by atoms with E-state index in [-0.39, 0.29) is 11.9 Å². The fraction of sp³-hybridized carbons (Fsp3) is 0.238. The predicted octanol–water partition coefficient (Wildman–Crippen LogP) is 5.30. The van der Waals surface area contributed by atoms with Crippen LogP contribution in [0.2, 0.25) is 10.0 Å². The Hall–Kier alpha value is -2.08. The third kappa shape index (κ3) is 4.32. The largest absolute Gasteiger partial charge is 0.488 e. The molecule has 0 amide bonds. The van der Waals surface area contributed by atoms with Gasteiger partial charge in [0.1, 0.15) is 0 Å². The first-order valence-electron chi connectivity index (χ1n) is 8.81. The van der Waals surface area contributed by atoms with Crippen molar-refractivity contribution in [1.82, 2.24) is 10.6 Å². The van der Waals surface area contributed by atoms with Crippen molar-refractivity contribution in [2.24, 2.45) is 0 Å². The molecule has 28 heavy (non-hydrogen) atoms. The summed E-state index contributed by atoms with van der Waals surface area (Å²) in [6, 6.07) is 12.6. The van der Waals surface area contributed by atoms with Gasteiger partial charge in [0.2, 0.25) is 0 Å². The van der Waals surface area contributed by atoms with Crippen LogP contribution in [0.3, 0.4) is 0 Å². The lowest BCUT2D eigenvalue weighted by atomic mass is 9.90. The van der Waals surface area contributed by atoms with E-state index in [1.807, 2.05) is 44.2 Å². The number of ketones is 1. The van der Waals surface area contributed by atoms with E-state index in [0.29, 0.717) is 32.2 Å². The van der Waals surface area contributed by atoms with Crippen LogP contribution in [0.4, 0.5) is 0 Å². The van der Waals surface area contributed by atoms with E-state index in [2.05, 4.69) is 10.6 Å². The zero-order valence-electron chi connectivity index (χ0n) is 15.7. The Morgan fingerprint density at radius 2 is 1.75 bits per heavy atom. The van der Waals surface area contributed by atoms with E-state index in [4.69, 9.17) is 40.2 Å². The van der Waals surface area contributed by atoms with Crippen molar-refractivity contribution >= 4 is 52.0 Å². The Kier molecular flexibility index (Phi) is 6.28. The summed E-state index contributed by atoms with van der Waals surface area (Å²) in [5, 5.41) is 7.46. The van der Waals surface area contributed by atoms with Gasteiger partial charge in [0.15, 0.2) is 16.6 Å². The Bertz CT molecular complexity index is 935. The number of hydrogen-bond donors (Lipinski definition) is 2. The summed E-state index contributed by atoms with van der Waals surface area (Å²) in [6.45, 7) is 5.33. The summed E-state index contributed by atoms with van der Waals surface area (Å²) >= 11 is 18.2. The Labute approximate surface area is 179 Å². The summed E-state index contributed by atoms with van der Waals surface area (Å²) < 4.78 is 5.70. The van der Waals surface area contributed by atoms with Gasteiger partial charge in [0.05, 0.1) is 27.9 Å². The molecule has 1 aliphatic rings. The van der Waals surface area contributed by atoms with Crippen LogP contribution >= 0.6 is 35.4 Å². The molecule has 4 nitrogen and oxygen atoms in total. The maximum Gasteiger partial charge on any atom is 0.171 e. The normalized spacial score (nSPS) is 16.6. The molecular formula is C21H20Cl2N2O2S. The SMILES string of the molecule is CC(=O)C1=C(c2ccccc2)NC(=S)N[C@H]1c1cc(Cl)c(OC(C)C)c(Cl)c1. The van der Waals surface area contributed by atoms with Gasteiger partial charge in [-0.2, -0.15) is 0 Å². The Balaban J connectivity index is 2.14. The molecule has 2 N–H and O–H groups in total. The summed E-state index contributed by atoms with van der Waals surface area (Å²) in [4.78, 5) is 12.6. The van der Waals surface area contributed by atoms with Gasteiger partial charge in [-0.05, 0) is 56.2 Å². The zero-order valence-corrected chi connectivity index (χ0v) is 18.0. The van der Waals surface area contributed by atoms with E-state index in [0.717, 1.165) is 11.1 Å². The minimum absolute atomic E-state index is 0.0669. The monoisotopic (exact) mass is 434 g/mol. The maximum absolute atomic E-state index is 12.6. The van der Waals surface area contributed by atoms with Crippen molar-refractivity contribution < 1.29 is 9.53 Å². The van der Waals surface area contributed by atoms with Crippen molar-refractivity contribution in [3.8, 4) is 5.75 Å². The van der Waals surface area contributed by atoms with Crippen LogP contribution in [-0.4, -0.2) is 17.0 Å². The van der Waals surface area contributed by atoms with Gasteiger partial charge in [-0.3, -0.25) is 4.79 Å². The summed E-state index contributed by atoms with van der Waals surface area (Å²) in [6.07, 6.45) is -0.0669. The van der Waals surface area contributed by atoms with E-state index >= 15 is 0 Å². The number of hydrogen-bond acceptors (Lipinski definition) is 3. The van der Waals surface area contributed by atoms with E-state index in [1.54, 1.807) is 12.1 Å². The molecule has 0 saturated heterocycles. The first-order valence-corrected chi connectivity index (χ1v) is 9.98. The highest BCUT2D eigenvalue weighted by Gasteiger charge is 2.31. The highest BCUT2D eigenvalue weighted by atomic mass is 35.5. The maximum atomic E-state index is 12.6. The minimum atomic E-state index is -0.482. The summed E-state index contributed by atoms with van der Waals surface area (Å²) in [5.41, 5.74) is 2.84. The van der Waals surface area contributed by atoms with Crippen LogP contribution in [0.1, 0.15) is 37.9 Å². The lowest BCUT2D eigenvalue weighted by Gasteiger charge is -2.31. The summed E-state index contributed by atoms with van der Waals surface area (Å²) in [7, 11) is 0. The van der Waals surface area contributed by atoms with E-state index < -0.39 is 6.04 Å². The molecule has 146 valence electrons. The second-order valence-electron chi connectivity index (χ2n) is 6.72. The Morgan fingerprint density at radius 3 is 2.29 bits per heavy atom. The number of halogens is 2. The number of rotatable bonds is 5. The number of benzene rings is 2. The average Bonchev–Trinajstić information content (AvgIpc) is 2.64. The number of Topliss-reactive ketones (excluding diaryl/α,β-unsaturated/α-hetero) is 1. The minimum Gasteiger partial charge on any atom is -0.488 e. The molecular weight excluding hydrogens is 415 g/mol. The molecule has 2 aromatic rings. The number of thiocarbonyl (C=S) groups is 1. The molecule has 0 radical (unpaired) electrons. The molecule has 1 heterocycles. The van der Waals surface area contributed by atoms with Crippen molar-refractivity contribution in [2.45, 2.75) is 32.9 Å². The van der Waals surface area contributed by atoms with Crippen LogP contribution < -0.4 is 15.4 Å². The molecule has 0 saturated carbocycles. The number of carbonyl (C=O) groups is 1. The molecule has 0 aliphatic carbocycles. The molecule has 0 spiro atoms. The van der Waals surface area contributed by atoms with Crippen LogP contribution in [0, 0.1) is 0 Å². The zero-order chi connectivity index (χ0) is 20.4. The van der Waals surface area contributed by atoms with E-state index in [9.17, 15) is 4.79 Å². The van der Waals surface area contributed by atoms with E-state index in [1.165, 1.54) is 6.92 Å². The van der Waals surface area contributed by atoms with Crippen molar-refractivity contribution in [3.05, 3.63) is 69.2 Å². The topological polar surface area (TPSA) is 50.4 Å². The van der Waals surface area contributed by atoms with Crippen LogP contribution in [0.25, 0.3) is 5.70 Å². The highest BCUT2D eigenvalue weighted by Crippen LogP contribution is 2.39. The van der Waals surface area contributed by atoms with Gasteiger partial charge in [-0.25, -0.2) is 0 Å². The van der Waals surface area contributed by atoms with Gasteiger partial charge in [0, 0.05) is 5.57 Å². The molecule has 3 rings (SSSR count). The highest BCUT2D eigenvalue weighted by molar-refractivity contribution is 7.80. The number of nitrogens with one attached hydrogen (secondary N) is 2. The lowest BCUT2D eigenvalue weighted by molar-refractivity contribution is -0.113. The van der Waals surface area contributed by atoms with Gasteiger partial charge in [-0.15, -0.1) is 0 Å². The van der Waals surface area contributed by atoms with Crippen molar-refractivity contribution in [2.75, 3.05) is 0 Å². The first kappa shape index (κ1) is 20.6.